The van der Waals surface area contributed by atoms with Crippen molar-refractivity contribution in [3.63, 3.8) is 0 Å². The molecule has 1 saturated heterocycles. The third kappa shape index (κ3) is 1.07. The second kappa shape index (κ2) is 2.54. The maximum atomic E-state index is 5.76. The predicted molar refractivity (Wildman–Crippen MR) is 40.7 cm³/mol. The fourth-order valence-corrected chi connectivity index (χ4v) is 2.15. The van der Waals surface area contributed by atoms with Crippen LogP contribution in [0.1, 0.15) is 38.5 Å². The average Bonchev–Trinajstić information content (AvgIpc) is 2.39. The van der Waals surface area contributed by atoms with Crippen molar-refractivity contribution in [1.82, 2.24) is 0 Å². The van der Waals surface area contributed by atoms with Crippen molar-refractivity contribution < 1.29 is 4.74 Å². The molecule has 1 nitrogen and oxygen atoms in total. The van der Waals surface area contributed by atoms with Gasteiger partial charge in [-0.25, -0.2) is 0 Å². The van der Waals surface area contributed by atoms with Crippen LogP contribution in [0.3, 0.4) is 0 Å². The maximum absolute atomic E-state index is 5.76. The zero-order valence-corrected chi connectivity index (χ0v) is 6.44. The smallest absolute Gasteiger partial charge is 0.0683 e. The van der Waals surface area contributed by atoms with E-state index in [2.05, 4.69) is 6.42 Å². The van der Waals surface area contributed by atoms with Gasteiger partial charge in [0.1, 0.15) is 0 Å². The van der Waals surface area contributed by atoms with Gasteiger partial charge in [-0.2, -0.15) is 0 Å². The Morgan fingerprint density at radius 1 is 1.10 bits per heavy atom. The van der Waals surface area contributed by atoms with Crippen LogP contribution >= 0.6 is 0 Å². The van der Waals surface area contributed by atoms with Crippen LogP contribution in [0.5, 0.6) is 0 Å². The lowest BCUT2D eigenvalue weighted by Crippen LogP contribution is -2.30. The first-order chi connectivity index (χ1) is 4.91. The number of rotatable bonds is 0. The summed E-state index contributed by atoms with van der Waals surface area (Å²) in [6.45, 7) is 1.01. The minimum absolute atomic E-state index is 0.342. The molecule has 2 fully saturated rings. The van der Waals surface area contributed by atoms with E-state index in [1.165, 1.54) is 38.5 Å². The Labute approximate surface area is 62.8 Å². The lowest BCUT2D eigenvalue weighted by Gasteiger charge is -2.31. The highest BCUT2D eigenvalue weighted by atomic mass is 16.5. The van der Waals surface area contributed by atoms with Crippen molar-refractivity contribution in [2.45, 2.75) is 44.1 Å². The molecule has 57 valence electrons. The first-order valence-corrected chi connectivity index (χ1v) is 4.37. The molecule has 1 radical (unpaired) electrons. The predicted octanol–water partition coefficient (Wildman–Crippen LogP) is 2.31. The van der Waals surface area contributed by atoms with Crippen LogP contribution < -0.4 is 0 Å². The SMILES string of the molecule is [CH]1CCC2(CC1)CCCO2. The molecule has 0 aromatic carbocycles. The van der Waals surface area contributed by atoms with E-state index in [0.717, 1.165) is 6.61 Å². The molecule has 1 aliphatic carbocycles. The minimum atomic E-state index is 0.342. The van der Waals surface area contributed by atoms with E-state index in [4.69, 9.17) is 4.74 Å². The molecule has 2 aliphatic rings. The van der Waals surface area contributed by atoms with Gasteiger partial charge in [-0.05, 0) is 44.9 Å². The lowest BCUT2D eigenvalue weighted by molar-refractivity contribution is -0.0173. The van der Waals surface area contributed by atoms with Crippen molar-refractivity contribution in [1.29, 1.82) is 0 Å². The zero-order chi connectivity index (χ0) is 6.86. The first kappa shape index (κ1) is 6.66. The van der Waals surface area contributed by atoms with Gasteiger partial charge in [0.25, 0.3) is 0 Å². The summed E-state index contributed by atoms with van der Waals surface area (Å²) in [6.07, 6.45) is 10.1. The summed E-state index contributed by atoms with van der Waals surface area (Å²) >= 11 is 0. The van der Waals surface area contributed by atoms with Crippen LogP contribution in [-0.4, -0.2) is 12.2 Å². The third-order valence-corrected chi connectivity index (χ3v) is 2.79. The average molecular weight is 139 g/mol. The van der Waals surface area contributed by atoms with Crippen LogP contribution in [0.15, 0.2) is 0 Å². The summed E-state index contributed by atoms with van der Waals surface area (Å²) in [6, 6.07) is 0. The number of ether oxygens (including phenoxy) is 1. The molecule has 0 N–H and O–H groups in total. The van der Waals surface area contributed by atoms with Crippen LogP contribution in [0.25, 0.3) is 0 Å². The summed E-state index contributed by atoms with van der Waals surface area (Å²) in [5, 5.41) is 0. The van der Waals surface area contributed by atoms with Gasteiger partial charge in [-0.15, -0.1) is 0 Å². The van der Waals surface area contributed by atoms with E-state index in [0.29, 0.717) is 5.60 Å². The Hall–Kier alpha value is -0.0400. The Bertz CT molecular complexity index is 106. The van der Waals surface area contributed by atoms with Gasteiger partial charge in [-0.3, -0.25) is 0 Å². The van der Waals surface area contributed by atoms with Gasteiger partial charge in [0.15, 0.2) is 0 Å². The molecule has 1 saturated carbocycles. The van der Waals surface area contributed by atoms with Gasteiger partial charge in [0, 0.05) is 6.61 Å². The number of hydrogen-bond acceptors (Lipinski definition) is 1. The molecule has 1 spiro atoms. The maximum Gasteiger partial charge on any atom is 0.0683 e. The van der Waals surface area contributed by atoms with E-state index < -0.39 is 0 Å². The molecule has 0 amide bonds. The second-order valence-electron chi connectivity index (χ2n) is 3.50. The Kier molecular flexibility index (Phi) is 1.69. The highest BCUT2D eigenvalue weighted by Gasteiger charge is 2.35. The molecule has 10 heavy (non-hydrogen) atoms. The van der Waals surface area contributed by atoms with Crippen molar-refractivity contribution >= 4 is 0 Å². The normalized spacial score (nSPS) is 31.2. The highest BCUT2D eigenvalue weighted by molar-refractivity contribution is 4.92. The Balaban J connectivity index is 1.98. The third-order valence-electron chi connectivity index (χ3n) is 2.79. The van der Waals surface area contributed by atoms with Crippen LogP contribution in [0, 0.1) is 6.42 Å². The lowest BCUT2D eigenvalue weighted by atomic mass is 9.83. The Morgan fingerprint density at radius 3 is 2.50 bits per heavy atom. The molecular formula is C9H15O. The Morgan fingerprint density at radius 2 is 1.90 bits per heavy atom. The van der Waals surface area contributed by atoms with Gasteiger partial charge in [0.05, 0.1) is 5.60 Å². The fraction of sp³-hybridized carbons (Fsp3) is 0.889. The molecule has 0 unspecified atom stereocenters. The van der Waals surface area contributed by atoms with Crippen LogP contribution in [-0.2, 0) is 4.74 Å². The molecule has 0 aromatic rings. The fourth-order valence-electron chi connectivity index (χ4n) is 2.15. The van der Waals surface area contributed by atoms with Crippen LogP contribution in [0.4, 0.5) is 0 Å². The van der Waals surface area contributed by atoms with Gasteiger partial charge in [0.2, 0.25) is 0 Å². The van der Waals surface area contributed by atoms with Crippen molar-refractivity contribution in [2.75, 3.05) is 6.61 Å². The van der Waals surface area contributed by atoms with Gasteiger partial charge < -0.3 is 4.74 Å². The molecule has 0 aromatic heterocycles. The van der Waals surface area contributed by atoms with Gasteiger partial charge >= 0.3 is 0 Å². The standard InChI is InChI=1S/C9H15O/c1-2-5-9(6-3-1)7-4-8-10-9/h1H,2-8H2. The number of hydrogen-bond donors (Lipinski definition) is 0. The van der Waals surface area contributed by atoms with Gasteiger partial charge in [-0.1, -0.05) is 0 Å². The summed E-state index contributed by atoms with van der Waals surface area (Å²) in [5.74, 6) is 0. The molecule has 0 bridgehead atoms. The monoisotopic (exact) mass is 139 g/mol. The second-order valence-corrected chi connectivity index (χ2v) is 3.50. The van der Waals surface area contributed by atoms with E-state index in [1.807, 2.05) is 0 Å². The van der Waals surface area contributed by atoms with E-state index >= 15 is 0 Å². The molecule has 2 rings (SSSR count). The molecule has 1 aliphatic heterocycles. The summed E-state index contributed by atoms with van der Waals surface area (Å²) in [7, 11) is 0. The summed E-state index contributed by atoms with van der Waals surface area (Å²) < 4.78 is 5.76. The first-order valence-electron chi connectivity index (χ1n) is 4.37. The minimum Gasteiger partial charge on any atom is -0.375 e. The largest absolute Gasteiger partial charge is 0.375 e. The van der Waals surface area contributed by atoms with Crippen molar-refractivity contribution in [2.24, 2.45) is 0 Å². The van der Waals surface area contributed by atoms with Crippen LogP contribution in [0.2, 0.25) is 0 Å². The summed E-state index contributed by atoms with van der Waals surface area (Å²) in [5.41, 5.74) is 0.342. The molecule has 0 atom stereocenters. The quantitative estimate of drug-likeness (QED) is 0.500. The highest BCUT2D eigenvalue weighted by Crippen LogP contribution is 2.38. The van der Waals surface area contributed by atoms with E-state index in [1.54, 1.807) is 0 Å². The van der Waals surface area contributed by atoms with E-state index in [-0.39, 0.29) is 0 Å². The summed E-state index contributed by atoms with van der Waals surface area (Å²) in [4.78, 5) is 0. The van der Waals surface area contributed by atoms with Crippen molar-refractivity contribution in [3.8, 4) is 0 Å². The zero-order valence-electron chi connectivity index (χ0n) is 6.44. The molecular weight excluding hydrogens is 124 g/mol. The molecule has 1 heterocycles. The molecule has 1 heteroatoms. The van der Waals surface area contributed by atoms with Crippen molar-refractivity contribution in [3.05, 3.63) is 6.42 Å². The topological polar surface area (TPSA) is 9.23 Å². The van der Waals surface area contributed by atoms with E-state index in [9.17, 15) is 0 Å².